The van der Waals surface area contributed by atoms with Gasteiger partial charge in [-0.15, -0.1) is 0 Å². The molecule has 0 radical (unpaired) electrons. The van der Waals surface area contributed by atoms with Gasteiger partial charge in [0.05, 0.1) is 0 Å². The second-order valence-electron chi connectivity index (χ2n) is 6.19. The van der Waals surface area contributed by atoms with Crippen molar-refractivity contribution in [2.75, 3.05) is 0 Å². The number of unbranched alkanes of at least 4 members (excludes halogenated alkanes) is 3. The van der Waals surface area contributed by atoms with Crippen molar-refractivity contribution in [3.05, 3.63) is 29.0 Å². The zero-order valence-electron chi connectivity index (χ0n) is 13.9. The van der Waals surface area contributed by atoms with E-state index in [4.69, 9.17) is 11.6 Å². The van der Waals surface area contributed by atoms with Crippen LogP contribution in [0, 0.1) is 5.82 Å². The van der Waals surface area contributed by atoms with E-state index in [9.17, 15) is 4.39 Å². The van der Waals surface area contributed by atoms with Crippen LogP contribution in [0.25, 0.3) is 0 Å². The second kappa shape index (κ2) is 10.1. The van der Waals surface area contributed by atoms with Crippen LogP contribution in [0.3, 0.4) is 0 Å². The molecule has 0 saturated heterocycles. The second-order valence-corrected chi connectivity index (χ2v) is 19.6. The third-order valence-corrected chi connectivity index (χ3v) is 21.0. The van der Waals surface area contributed by atoms with E-state index in [0.29, 0.717) is 5.02 Å². The molecule has 0 spiro atoms. The number of hydrogen-bond acceptors (Lipinski definition) is 0. The third-order valence-electron chi connectivity index (χ3n) is 4.52. The molecule has 0 heterocycles. The molecule has 0 nitrogen and oxygen atoms in total. The number of halogens is 2. The summed E-state index contributed by atoms with van der Waals surface area (Å²) >= 11 is 3.74. The van der Waals surface area contributed by atoms with Crippen LogP contribution in [0.1, 0.15) is 59.3 Å². The summed E-state index contributed by atoms with van der Waals surface area (Å²) in [7, 11) is 0. The van der Waals surface area contributed by atoms with E-state index in [-0.39, 0.29) is 5.82 Å². The van der Waals surface area contributed by atoms with Crippen LogP contribution in [0.15, 0.2) is 18.2 Å². The van der Waals surface area contributed by atoms with Crippen molar-refractivity contribution < 1.29 is 4.39 Å². The normalized spacial score (nSPS) is 11.9. The van der Waals surface area contributed by atoms with Crippen LogP contribution in [0.5, 0.6) is 0 Å². The summed E-state index contributed by atoms with van der Waals surface area (Å²) in [5.41, 5.74) is 0. The van der Waals surface area contributed by atoms with Crippen molar-refractivity contribution in [1.29, 1.82) is 0 Å². The maximum absolute atomic E-state index is 14.6. The van der Waals surface area contributed by atoms with Crippen molar-refractivity contribution in [3.8, 4) is 0 Å². The molecule has 0 N–H and O–H groups in total. The molecule has 21 heavy (non-hydrogen) atoms. The van der Waals surface area contributed by atoms with E-state index in [0.717, 1.165) is 3.58 Å². The van der Waals surface area contributed by atoms with Gasteiger partial charge in [0.15, 0.2) is 0 Å². The minimum atomic E-state index is -2.73. The summed E-state index contributed by atoms with van der Waals surface area (Å²) in [5.74, 6) is -0.0263. The molecule has 0 bridgehead atoms. The Morgan fingerprint density at radius 3 is 1.76 bits per heavy atom. The molecule has 3 heteroatoms. The Bertz CT molecular complexity index is 378. The molecule has 0 unspecified atom stereocenters. The quantitative estimate of drug-likeness (QED) is 0.378. The first-order valence-electron chi connectivity index (χ1n) is 8.55. The summed E-state index contributed by atoms with van der Waals surface area (Å²) in [6.45, 7) is 6.71. The van der Waals surface area contributed by atoms with Gasteiger partial charge >= 0.3 is 140 Å². The van der Waals surface area contributed by atoms with Gasteiger partial charge in [0.1, 0.15) is 0 Å². The molecule has 0 atom stereocenters. The van der Waals surface area contributed by atoms with Crippen LogP contribution in [-0.2, 0) is 0 Å². The molecular formula is C18H30ClFSn. The van der Waals surface area contributed by atoms with Crippen molar-refractivity contribution in [3.63, 3.8) is 0 Å². The summed E-state index contributed by atoms with van der Waals surface area (Å²) in [5, 5.41) is 0.703. The van der Waals surface area contributed by atoms with Gasteiger partial charge in [-0.2, -0.15) is 0 Å². The molecule has 0 aliphatic carbocycles. The van der Waals surface area contributed by atoms with Gasteiger partial charge in [-0.05, 0) is 0 Å². The molecule has 0 aliphatic rings. The maximum atomic E-state index is 14.6. The average molecular weight is 420 g/mol. The summed E-state index contributed by atoms with van der Waals surface area (Å²) < 4.78 is 19.4. The van der Waals surface area contributed by atoms with Gasteiger partial charge < -0.3 is 0 Å². The number of rotatable bonds is 10. The molecule has 0 amide bonds. The van der Waals surface area contributed by atoms with E-state index >= 15 is 0 Å². The average Bonchev–Trinajstić information content (AvgIpc) is 2.48. The molecule has 0 fully saturated rings. The molecular weight excluding hydrogens is 389 g/mol. The van der Waals surface area contributed by atoms with Crippen LogP contribution >= 0.6 is 11.6 Å². The fourth-order valence-electron chi connectivity index (χ4n) is 3.30. The van der Waals surface area contributed by atoms with Crippen molar-refractivity contribution in [2.45, 2.75) is 72.6 Å². The van der Waals surface area contributed by atoms with Crippen molar-refractivity contribution in [2.24, 2.45) is 0 Å². The van der Waals surface area contributed by atoms with Crippen LogP contribution in [0.2, 0.25) is 18.3 Å². The molecule has 1 aromatic carbocycles. The SMILES string of the molecule is CCC[CH2][Sn]([CH2]CCC)([CH2]CCC)[c]1c(F)cccc1Cl. The molecule has 1 rings (SSSR count). The Kier molecular flexibility index (Phi) is 9.27. The molecule has 0 aromatic heterocycles. The molecule has 0 saturated carbocycles. The van der Waals surface area contributed by atoms with Crippen LogP contribution in [0.4, 0.5) is 4.39 Å². The van der Waals surface area contributed by atoms with Gasteiger partial charge in [-0.1, -0.05) is 0 Å². The minimum absolute atomic E-state index is 0.0263. The van der Waals surface area contributed by atoms with E-state index in [1.165, 1.54) is 51.8 Å². The fourth-order valence-corrected chi connectivity index (χ4v) is 21.3. The standard InChI is InChI=1S/C6H3ClF.3C4H9.Sn/c7-5-2-1-3-6(8)4-5;3*1-3-4-2;/h1-3H;3*1,3-4H2,2H3;. The Balaban J connectivity index is 3.23. The van der Waals surface area contributed by atoms with E-state index in [1.807, 2.05) is 6.07 Å². The summed E-state index contributed by atoms with van der Waals surface area (Å²) in [6.07, 6.45) is 7.28. The Morgan fingerprint density at radius 1 is 0.905 bits per heavy atom. The first-order valence-corrected chi connectivity index (χ1v) is 16.4. The van der Waals surface area contributed by atoms with Crippen molar-refractivity contribution in [1.82, 2.24) is 0 Å². The zero-order chi connectivity index (χ0) is 15.7. The van der Waals surface area contributed by atoms with E-state index < -0.39 is 18.4 Å². The Labute approximate surface area is 139 Å². The van der Waals surface area contributed by atoms with Gasteiger partial charge in [0.2, 0.25) is 0 Å². The first kappa shape index (κ1) is 19.3. The monoisotopic (exact) mass is 420 g/mol. The van der Waals surface area contributed by atoms with Crippen molar-refractivity contribution >= 4 is 33.6 Å². The predicted molar refractivity (Wildman–Crippen MR) is 95.9 cm³/mol. The zero-order valence-corrected chi connectivity index (χ0v) is 17.5. The third kappa shape index (κ3) is 5.42. The fraction of sp³-hybridized carbons (Fsp3) is 0.667. The molecule has 120 valence electrons. The van der Waals surface area contributed by atoms with E-state index in [2.05, 4.69) is 20.8 Å². The van der Waals surface area contributed by atoms with Gasteiger partial charge in [-0.25, -0.2) is 0 Å². The van der Waals surface area contributed by atoms with Gasteiger partial charge in [0.25, 0.3) is 0 Å². The van der Waals surface area contributed by atoms with Gasteiger partial charge in [-0.3, -0.25) is 0 Å². The summed E-state index contributed by atoms with van der Waals surface area (Å²) in [6, 6.07) is 5.27. The topological polar surface area (TPSA) is 0 Å². The molecule has 0 aliphatic heterocycles. The first-order chi connectivity index (χ1) is 10.1. The Morgan fingerprint density at radius 2 is 1.38 bits per heavy atom. The summed E-state index contributed by atoms with van der Waals surface area (Å²) in [4.78, 5) is 0. The molecule has 1 aromatic rings. The predicted octanol–water partition coefficient (Wildman–Crippen LogP) is 6.54. The van der Waals surface area contributed by atoms with Gasteiger partial charge in [0, 0.05) is 0 Å². The number of benzene rings is 1. The van der Waals surface area contributed by atoms with Crippen LogP contribution < -0.4 is 3.58 Å². The van der Waals surface area contributed by atoms with Crippen LogP contribution in [-0.4, -0.2) is 18.4 Å². The Hall–Kier alpha value is 0.239. The van der Waals surface area contributed by atoms with E-state index in [1.54, 1.807) is 12.1 Å². The number of hydrogen-bond donors (Lipinski definition) is 0.